The molecule has 0 amide bonds. The molecule has 100 valence electrons. The minimum Gasteiger partial charge on any atom is -0.323 e. The predicted octanol–water partition coefficient (Wildman–Crippen LogP) is 4.30. The number of nitrogens with zero attached hydrogens (tertiary/aromatic N) is 1. The molecule has 3 aromatic rings. The highest BCUT2D eigenvalue weighted by Gasteiger charge is 2.22. The third kappa shape index (κ3) is 1.86. The van der Waals surface area contributed by atoms with Crippen molar-refractivity contribution in [2.75, 3.05) is 0 Å². The second kappa shape index (κ2) is 4.69. The van der Waals surface area contributed by atoms with Gasteiger partial charge in [-0.25, -0.2) is 4.98 Å². The van der Waals surface area contributed by atoms with E-state index in [1.165, 1.54) is 27.6 Å². The lowest BCUT2D eigenvalue weighted by atomic mass is 9.98. The van der Waals surface area contributed by atoms with E-state index in [1.54, 1.807) is 0 Å². The van der Waals surface area contributed by atoms with Crippen LogP contribution in [0.1, 0.15) is 29.5 Å². The Kier molecular flexibility index (Phi) is 2.83. The predicted molar refractivity (Wildman–Crippen MR) is 84.9 cm³/mol. The Hall–Kier alpha value is -1.71. The molecule has 0 saturated carbocycles. The van der Waals surface area contributed by atoms with Crippen molar-refractivity contribution in [3.05, 3.63) is 53.0 Å². The lowest BCUT2D eigenvalue weighted by molar-refractivity contribution is 0.564. The molecule has 0 aliphatic heterocycles. The average Bonchev–Trinajstić information content (AvgIpc) is 2.92. The number of nitrogens with two attached hydrogens (primary N) is 1. The second-order valence-corrected chi connectivity index (χ2v) is 6.44. The van der Waals surface area contributed by atoms with E-state index >= 15 is 0 Å². The van der Waals surface area contributed by atoms with Crippen molar-refractivity contribution in [3.63, 3.8) is 0 Å². The van der Waals surface area contributed by atoms with Gasteiger partial charge in [0.15, 0.2) is 0 Å². The number of hydrogen-bond donors (Lipinski definition) is 1. The molecule has 2 N–H and O–H groups in total. The van der Waals surface area contributed by atoms with Crippen molar-refractivity contribution in [1.82, 2.24) is 4.98 Å². The van der Waals surface area contributed by atoms with Gasteiger partial charge in [-0.05, 0) is 30.0 Å². The number of aromatic nitrogens is 1. The van der Waals surface area contributed by atoms with Crippen molar-refractivity contribution in [2.24, 2.45) is 5.73 Å². The first-order valence-electron chi connectivity index (χ1n) is 7.06. The third-order valence-corrected chi connectivity index (χ3v) is 5.18. The summed E-state index contributed by atoms with van der Waals surface area (Å²) >= 11 is 1.82. The summed E-state index contributed by atoms with van der Waals surface area (Å²) < 4.78 is 0. The van der Waals surface area contributed by atoms with E-state index in [4.69, 9.17) is 10.7 Å². The lowest BCUT2D eigenvalue weighted by Gasteiger charge is -2.15. The maximum absolute atomic E-state index is 6.19. The zero-order valence-electron chi connectivity index (χ0n) is 11.2. The molecule has 2 aromatic carbocycles. The summed E-state index contributed by atoms with van der Waals surface area (Å²) in [5.41, 5.74) is 8.55. The number of aryl methyl sites for hydroxylation is 1. The minimum atomic E-state index is 0.124. The molecule has 0 radical (unpaired) electrons. The van der Waals surface area contributed by atoms with E-state index < -0.39 is 0 Å². The Balaban J connectivity index is 1.92. The van der Waals surface area contributed by atoms with Gasteiger partial charge in [-0.3, -0.25) is 0 Å². The smallest absolute Gasteiger partial charge is 0.124 e. The van der Waals surface area contributed by atoms with E-state index in [9.17, 15) is 0 Å². The maximum atomic E-state index is 6.19. The van der Waals surface area contributed by atoms with Crippen LogP contribution in [0, 0.1) is 0 Å². The summed E-state index contributed by atoms with van der Waals surface area (Å²) in [4.78, 5) is 6.23. The standard InChI is InChI=1S/C17H16N2S/c18-14-9-4-10-15-16(14)19-17(20-15)13-8-3-6-11-5-1-2-7-12(11)13/h1-3,5-8,14H,4,9-10,18H2. The molecular weight excluding hydrogens is 264 g/mol. The van der Waals surface area contributed by atoms with E-state index in [0.717, 1.165) is 23.5 Å². The zero-order valence-corrected chi connectivity index (χ0v) is 12.0. The molecule has 0 saturated heterocycles. The van der Waals surface area contributed by atoms with Gasteiger partial charge in [0.1, 0.15) is 5.01 Å². The fourth-order valence-electron chi connectivity index (χ4n) is 2.98. The van der Waals surface area contributed by atoms with Gasteiger partial charge in [-0.1, -0.05) is 42.5 Å². The highest BCUT2D eigenvalue weighted by molar-refractivity contribution is 7.15. The first kappa shape index (κ1) is 12.1. The van der Waals surface area contributed by atoms with Gasteiger partial charge in [0, 0.05) is 16.5 Å². The first-order valence-corrected chi connectivity index (χ1v) is 7.88. The van der Waals surface area contributed by atoms with Crippen LogP contribution in [0.4, 0.5) is 0 Å². The van der Waals surface area contributed by atoms with Crippen molar-refractivity contribution >= 4 is 22.1 Å². The molecular formula is C17H16N2S. The monoisotopic (exact) mass is 280 g/mol. The SMILES string of the molecule is NC1CCCc2sc(-c3cccc4ccccc34)nc21. The van der Waals surface area contributed by atoms with E-state index in [1.807, 2.05) is 11.3 Å². The van der Waals surface area contributed by atoms with Crippen molar-refractivity contribution in [3.8, 4) is 10.6 Å². The topological polar surface area (TPSA) is 38.9 Å². The summed E-state index contributed by atoms with van der Waals surface area (Å²) in [5, 5.41) is 3.65. The Morgan fingerprint density at radius 1 is 1.10 bits per heavy atom. The Morgan fingerprint density at radius 3 is 2.85 bits per heavy atom. The lowest BCUT2D eigenvalue weighted by Crippen LogP contribution is -2.16. The molecule has 3 heteroatoms. The molecule has 20 heavy (non-hydrogen) atoms. The molecule has 2 nitrogen and oxygen atoms in total. The van der Waals surface area contributed by atoms with Crippen LogP contribution in [-0.4, -0.2) is 4.98 Å². The van der Waals surface area contributed by atoms with Gasteiger partial charge in [-0.2, -0.15) is 0 Å². The fraction of sp³-hybridized carbons (Fsp3) is 0.235. The summed E-state index contributed by atoms with van der Waals surface area (Å²) in [6, 6.07) is 15.0. The molecule has 0 spiro atoms. The molecule has 4 rings (SSSR count). The number of rotatable bonds is 1. The van der Waals surface area contributed by atoms with Gasteiger partial charge in [-0.15, -0.1) is 11.3 Å². The molecule has 0 fully saturated rings. The van der Waals surface area contributed by atoms with E-state index in [-0.39, 0.29) is 6.04 Å². The van der Waals surface area contributed by atoms with Gasteiger partial charge < -0.3 is 5.73 Å². The molecule has 1 atom stereocenters. The highest BCUT2D eigenvalue weighted by Crippen LogP contribution is 2.38. The second-order valence-electron chi connectivity index (χ2n) is 5.35. The molecule has 0 bridgehead atoms. The summed E-state index contributed by atoms with van der Waals surface area (Å²) in [5.74, 6) is 0. The van der Waals surface area contributed by atoms with Gasteiger partial charge in [0.05, 0.1) is 5.69 Å². The largest absolute Gasteiger partial charge is 0.323 e. The quantitative estimate of drug-likeness (QED) is 0.722. The molecule has 1 aromatic heterocycles. The number of hydrogen-bond acceptors (Lipinski definition) is 3. The summed E-state index contributed by atoms with van der Waals surface area (Å²) in [7, 11) is 0. The number of fused-ring (bicyclic) bond motifs is 2. The van der Waals surface area contributed by atoms with E-state index in [2.05, 4.69) is 42.5 Å². The van der Waals surface area contributed by atoms with Crippen LogP contribution in [0.15, 0.2) is 42.5 Å². The molecule has 1 aliphatic carbocycles. The Labute approximate surface area is 122 Å². The van der Waals surface area contributed by atoms with Gasteiger partial charge in [0.25, 0.3) is 0 Å². The first-order chi connectivity index (χ1) is 9.83. The number of benzene rings is 2. The van der Waals surface area contributed by atoms with Gasteiger partial charge >= 0.3 is 0 Å². The normalized spacial score (nSPS) is 18.1. The molecule has 1 unspecified atom stereocenters. The van der Waals surface area contributed by atoms with Crippen LogP contribution < -0.4 is 5.73 Å². The average molecular weight is 280 g/mol. The molecule has 1 heterocycles. The summed E-state index contributed by atoms with van der Waals surface area (Å²) in [6.07, 6.45) is 3.38. The highest BCUT2D eigenvalue weighted by atomic mass is 32.1. The number of thiazole rings is 1. The van der Waals surface area contributed by atoms with Crippen LogP contribution in [0.5, 0.6) is 0 Å². The van der Waals surface area contributed by atoms with Gasteiger partial charge in [0.2, 0.25) is 0 Å². The van der Waals surface area contributed by atoms with Crippen molar-refractivity contribution in [1.29, 1.82) is 0 Å². The fourth-order valence-corrected chi connectivity index (χ4v) is 4.19. The third-order valence-electron chi connectivity index (χ3n) is 4.02. The molecule has 1 aliphatic rings. The Morgan fingerprint density at radius 2 is 1.95 bits per heavy atom. The van der Waals surface area contributed by atoms with E-state index in [0.29, 0.717) is 0 Å². The maximum Gasteiger partial charge on any atom is 0.124 e. The zero-order chi connectivity index (χ0) is 13.5. The van der Waals surface area contributed by atoms with Crippen LogP contribution in [0.25, 0.3) is 21.3 Å². The van der Waals surface area contributed by atoms with Crippen LogP contribution in [0.2, 0.25) is 0 Å². The van der Waals surface area contributed by atoms with Crippen LogP contribution >= 0.6 is 11.3 Å². The Bertz CT molecular complexity index is 770. The van der Waals surface area contributed by atoms with Crippen molar-refractivity contribution < 1.29 is 0 Å². The minimum absolute atomic E-state index is 0.124. The van der Waals surface area contributed by atoms with Crippen LogP contribution in [-0.2, 0) is 6.42 Å². The van der Waals surface area contributed by atoms with Crippen LogP contribution in [0.3, 0.4) is 0 Å². The van der Waals surface area contributed by atoms with Crippen molar-refractivity contribution in [2.45, 2.75) is 25.3 Å². The summed E-state index contributed by atoms with van der Waals surface area (Å²) in [6.45, 7) is 0.